The Kier molecular flexibility index (Phi) is 6.65. The van der Waals surface area contributed by atoms with E-state index in [2.05, 4.69) is 17.1 Å². The van der Waals surface area contributed by atoms with E-state index in [1.807, 2.05) is 12.1 Å². The smallest absolute Gasteiger partial charge is 0.169 e. The van der Waals surface area contributed by atoms with Crippen LogP contribution in [-0.2, 0) is 11.3 Å². The highest BCUT2D eigenvalue weighted by molar-refractivity contribution is 7.80. The first-order chi connectivity index (χ1) is 8.27. The molecule has 5 heteroatoms. The maximum atomic E-state index is 5.33. The molecule has 0 aliphatic heterocycles. The molecule has 0 aromatic carbocycles. The maximum absolute atomic E-state index is 5.33. The molecule has 0 saturated heterocycles. The minimum Gasteiger partial charge on any atom is -0.467 e. The van der Waals surface area contributed by atoms with E-state index in [1.165, 1.54) is 0 Å². The molecule has 96 valence electrons. The number of ether oxygens (including phenoxy) is 1. The van der Waals surface area contributed by atoms with Crippen molar-refractivity contribution >= 4 is 17.3 Å². The first kappa shape index (κ1) is 14.0. The van der Waals surface area contributed by atoms with Crippen molar-refractivity contribution in [3.05, 3.63) is 24.2 Å². The molecule has 0 saturated carbocycles. The zero-order valence-electron chi connectivity index (χ0n) is 10.4. The van der Waals surface area contributed by atoms with Gasteiger partial charge < -0.3 is 19.4 Å². The van der Waals surface area contributed by atoms with Crippen molar-refractivity contribution in [3.63, 3.8) is 0 Å². The average molecular weight is 256 g/mol. The van der Waals surface area contributed by atoms with Gasteiger partial charge in [-0.3, -0.25) is 0 Å². The lowest BCUT2D eigenvalue weighted by molar-refractivity contribution is 0.195. The summed E-state index contributed by atoms with van der Waals surface area (Å²) < 4.78 is 10.3. The van der Waals surface area contributed by atoms with Gasteiger partial charge in [0.25, 0.3) is 0 Å². The first-order valence-electron chi connectivity index (χ1n) is 5.82. The lowest BCUT2D eigenvalue weighted by atomic mass is 10.4. The summed E-state index contributed by atoms with van der Waals surface area (Å²) >= 11 is 5.33. The lowest BCUT2D eigenvalue weighted by Crippen LogP contribution is -2.39. The third-order valence-corrected chi connectivity index (χ3v) is 2.80. The molecular formula is C12H20N2O2S. The highest BCUT2D eigenvalue weighted by Gasteiger charge is 2.08. The molecule has 17 heavy (non-hydrogen) atoms. The standard InChI is InChI=1S/C12H20N2O2S/c1-3-14(10-11-6-4-9-16-11)12(17)13-7-5-8-15-2/h4,6,9H,3,5,7-8,10H2,1-2H3,(H,13,17). The number of methoxy groups -OCH3 is 1. The number of nitrogens with one attached hydrogen (secondary N) is 1. The van der Waals surface area contributed by atoms with Crippen LogP contribution in [0.4, 0.5) is 0 Å². The molecule has 0 radical (unpaired) electrons. The zero-order chi connectivity index (χ0) is 12.5. The van der Waals surface area contributed by atoms with Gasteiger partial charge in [-0.15, -0.1) is 0 Å². The molecule has 1 aromatic rings. The number of hydrogen-bond acceptors (Lipinski definition) is 3. The minimum absolute atomic E-state index is 0.708. The van der Waals surface area contributed by atoms with Crippen LogP contribution >= 0.6 is 12.2 Å². The second-order valence-electron chi connectivity index (χ2n) is 3.67. The van der Waals surface area contributed by atoms with E-state index in [1.54, 1.807) is 13.4 Å². The largest absolute Gasteiger partial charge is 0.467 e. The van der Waals surface area contributed by atoms with Crippen LogP contribution in [0.1, 0.15) is 19.1 Å². The molecule has 1 heterocycles. The molecule has 0 fully saturated rings. The Morgan fingerprint density at radius 2 is 2.41 bits per heavy atom. The summed E-state index contributed by atoms with van der Waals surface area (Å²) in [7, 11) is 1.70. The topological polar surface area (TPSA) is 37.6 Å². The fourth-order valence-corrected chi connectivity index (χ4v) is 1.74. The average Bonchev–Trinajstić information content (AvgIpc) is 2.84. The van der Waals surface area contributed by atoms with E-state index in [0.29, 0.717) is 6.54 Å². The van der Waals surface area contributed by atoms with Crippen molar-refractivity contribution < 1.29 is 9.15 Å². The summed E-state index contributed by atoms with van der Waals surface area (Å²) in [6, 6.07) is 3.84. The molecule has 0 aliphatic carbocycles. The first-order valence-corrected chi connectivity index (χ1v) is 6.22. The predicted octanol–water partition coefficient (Wildman–Crippen LogP) is 2.01. The van der Waals surface area contributed by atoms with Crippen LogP contribution in [0.25, 0.3) is 0 Å². The Bertz CT molecular complexity index is 314. The fourth-order valence-electron chi connectivity index (χ4n) is 1.44. The van der Waals surface area contributed by atoms with Crippen LogP contribution in [0.3, 0.4) is 0 Å². The van der Waals surface area contributed by atoms with Gasteiger partial charge in [0.15, 0.2) is 5.11 Å². The van der Waals surface area contributed by atoms with Crippen molar-refractivity contribution in [3.8, 4) is 0 Å². The van der Waals surface area contributed by atoms with Gasteiger partial charge in [0, 0.05) is 26.8 Å². The Morgan fingerprint density at radius 3 is 3.00 bits per heavy atom. The lowest BCUT2D eigenvalue weighted by Gasteiger charge is -2.23. The Hall–Kier alpha value is -1.07. The van der Waals surface area contributed by atoms with Crippen molar-refractivity contribution in [2.24, 2.45) is 0 Å². The van der Waals surface area contributed by atoms with E-state index in [0.717, 1.165) is 37.0 Å². The molecule has 0 bridgehead atoms. The molecule has 1 aromatic heterocycles. The summed E-state index contributed by atoms with van der Waals surface area (Å²) in [5, 5.41) is 3.98. The number of rotatable bonds is 7. The zero-order valence-corrected chi connectivity index (χ0v) is 11.3. The molecular weight excluding hydrogens is 236 g/mol. The molecule has 0 spiro atoms. The molecule has 0 aliphatic rings. The van der Waals surface area contributed by atoms with Gasteiger partial charge in [0.1, 0.15) is 5.76 Å². The van der Waals surface area contributed by atoms with E-state index >= 15 is 0 Å². The maximum Gasteiger partial charge on any atom is 0.169 e. The van der Waals surface area contributed by atoms with Crippen LogP contribution in [0, 0.1) is 0 Å². The molecule has 1 rings (SSSR count). The van der Waals surface area contributed by atoms with E-state index in [-0.39, 0.29) is 0 Å². The van der Waals surface area contributed by atoms with Crippen LogP contribution in [0.15, 0.2) is 22.8 Å². The van der Waals surface area contributed by atoms with Gasteiger partial charge in [0.2, 0.25) is 0 Å². The van der Waals surface area contributed by atoms with Crippen LogP contribution in [-0.4, -0.2) is 36.8 Å². The number of furan rings is 1. The van der Waals surface area contributed by atoms with Gasteiger partial charge in [-0.2, -0.15) is 0 Å². The molecule has 0 unspecified atom stereocenters. The third-order valence-electron chi connectivity index (χ3n) is 2.40. The number of hydrogen-bond donors (Lipinski definition) is 1. The van der Waals surface area contributed by atoms with Crippen LogP contribution in [0.2, 0.25) is 0 Å². The van der Waals surface area contributed by atoms with Crippen molar-refractivity contribution in [2.45, 2.75) is 19.9 Å². The van der Waals surface area contributed by atoms with Crippen molar-refractivity contribution in [2.75, 3.05) is 26.8 Å². The van der Waals surface area contributed by atoms with Gasteiger partial charge >= 0.3 is 0 Å². The van der Waals surface area contributed by atoms with Gasteiger partial charge in [-0.1, -0.05) is 0 Å². The normalized spacial score (nSPS) is 10.2. The fraction of sp³-hybridized carbons (Fsp3) is 0.583. The summed E-state index contributed by atoms with van der Waals surface area (Å²) in [6.45, 7) is 5.23. The highest BCUT2D eigenvalue weighted by Crippen LogP contribution is 2.05. The summed E-state index contributed by atoms with van der Waals surface area (Å²) in [5.41, 5.74) is 0. The van der Waals surface area contributed by atoms with Crippen LogP contribution in [0.5, 0.6) is 0 Å². The van der Waals surface area contributed by atoms with Gasteiger partial charge in [0.05, 0.1) is 12.8 Å². The summed E-state index contributed by atoms with van der Waals surface area (Å²) in [5.74, 6) is 0.924. The van der Waals surface area contributed by atoms with Gasteiger partial charge in [-0.05, 0) is 37.7 Å². The monoisotopic (exact) mass is 256 g/mol. The second kappa shape index (κ2) is 8.08. The summed E-state index contributed by atoms with van der Waals surface area (Å²) in [4.78, 5) is 2.07. The molecule has 0 atom stereocenters. The predicted molar refractivity (Wildman–Crippen MR) is 71.9 cm³/mol. The van der Waals surface area contributed by atoms with Crippen LogP contribution < -0.4 is 5.32 Å². The summed E-state index contributed by atoms with van der Waals surface area (Å²) in [6.07, 6.45) is 2.63. The van der Waals surface area contributed by atoms with Gasteiger partial charge in [-0.25, -0.2) is 0 Å². The Labute approximate surface area is 108 Å². The van der Waals surface area contributed by atoms with Crippen molar-refractivity contribution in [1.82, 2.24) is 10.2 Å². The highest BCUT2D eigenvalue weighted by atomic mass is 32.1. The van der Waals surface area contributed by atoms with E-state index in [4.69, 9.17) is 21.4 Å². The molecule has 0 amide bonds. The number of thiocarbonyl (C=S) groups is 1. The quantitative estimate of drug-likeness (QED) is 0.597. The Balaban J connectivity index is 2.31. The third kappa shape index (κ3) is 5.19. The SMILES string of the molecule is CCN(Cc1ccco1)C(=S)NCCCOC. The Morgan fingerprint density at radius 1 is 1.59 bits per heavy atom. The van der Waals surface area contributed by atoms with E-state index in [9.17, 15) is 0 Å². The second-order valence-corrected chi connectivity index (χ2v) is 4.06. The van der Waals surface area contributed by atoms with Crippen molar-refractivity contribution in [1.29, 1.82) is 0 Å². The van der Waals surface area contributed by atoms with E-state index < -0.39 is 0 Å². The number of nitrogens with zero attached hydrogens (tertiary/aromatic N) is 1. The molecule has 4 nitrogen and oxygen atoms in total. The minimum atomic E-state index is 0.708. The molecule has 1 N–H and O–H groups in total.